The lowest BCUT2D eigenvalue weighted by atomic mass is 10.2. The summed E-state index contributed by atoms with van der Waals surface area (Å²) in [7, 11) is -0.709. The van der Waals surface area contributed by atoms with E-state index in [2.05, 4.69) is 30.4 Å². The second-order valence-electron chi connectivity index (χ2n) is 7.02. The molecule has 0 saturated carbocycles. The molecule has 13 heteroatoms. The zero-order valence-electron chi connectivity index (χ0n) is 17.8. The van der Waals surface area contributed by atoms with Gasteiger partial charge in [-0.2, -0.15) is 0 Å². The molecule has 5 rings (SSSR count). The molecule has 0 fully saturated rings. The number of aromatic nitrogens is 4. The van der Waals surface area contributed by atoms with E-state index < -0.39 is 9.84 Å². The highest BCUT2D eigenvalue weighted by Gasteiger charge is 2.22. The number of fused-ring (bicyclic) bond motifs is 3. The number of sulfone groups is 1. The monoisotopic (exact) mass is 496 g/mol. The van der Waals surface area contributed by atoms with Crippen LogP contribution in [-0.4, -0.2) is 42.6 Å². The van der Waals surface area contributed by atoms with Crippen LogP contribution in [0.25, 0.3) is 21.9 Å². The number of hydrogen-bond donors (Lipinski definition) is 2. The van der Waals surface area contributed by atoms with Crippen molar-refractivity contribution >= 4 is 59.7 Å². The molecule has 0 aliphatic heterocycles. The van der Waals surface area contributed by atoms with Crippen LogP contribution in [0.3, 0.4) is 0 Å². The summed E-state index contributed by atoms with van der Waals surface area (Å²) in [5, 5.41) is 7.70. The number of nitroso groups, excluding NO2 is 1. The first-order valence-electron chi connectivity index (χ1n) is 9.74. The molecule has 0 bridgehead atoms. The predicted octanol–water partition coefficient (Wildman–Crippen LogP) is 4.56. The number of ether oxygens (including phenoxy) is 2. The first kappa shape index (κ1) is 21.7. The fourth-order valence-corrected chi connectivity index (χ4v) is 5.92. The summed E-state index contributed by atoms with van der Waals surface area (Å²) < 4.78 is 36.7. The first-order valence-corrected chi connectivity index (χ1v) is 12.0. The number of methoxy groups -OCH3 is 2. The third-order valence-electron chi connectivity index (χ3n) is 5.12. The van der Waals surface area contributed by atoms with Crippen molar-refractivity contribution in [1.82, 2.24) is 19.9 Å². The van der Waals surface area contributed by atoms with Crippen LogP contribution in [0.15, 0.2) is 63.2 Å². The maximum atomic E-state index is 13.0. The van der Waals surface area contributed by atoms with Gasteiger partial charge in [-0.05, 0) is 35.5 Å². The van der Waals surface area contributed by atoms with E-state index in [1.165, 1.54) is 36.8 Å². The topological polar surface area (TPSA) is 149 Å². The number of nitrogens with zero attached hydrogens (tertiary/aromatic N) is 4. The number of anilines is 2. The zero-order valence-corrected chi connectivity index (χ0v) is 19.4. The molecule has 3 aromatic heterocycles. The molecule has 0 atom stereocenters. The van der Waals surface area contributed by atoms with Crippen molar-refractivity contribution in [3.8, 4) is 11.5 Å². The van der Waals surface area contributed by atoms with Crippen molar-refractivity contribution in [2.75, 3.05) is 19.5 Å². The summed E-state index contributed by atoms with van der Waals surface area (Å²) in [6.07, 6.45) is 2.66. The highest BCUT2D eigenvalue weighted by atomic mass is 32.2. The molecule has 3 heterocycles. The van der Waals surface area contributed by atoms with Crippen molar-refractivity contribution in [2.45, 2.75) is 9.10 Å². The van der Waals surface area contributed by atoms with Gasteiger partial charge in [-0.15, -0.1) is 4.91 Å². The van der Waals surface area contributed by atoms with E-state index in [0.717, 1.165) is 22.2 Å². The number of thiazole rings is 1. The van der Waals surface area contributed by atoms with Crippen molar-refractivity contribution < 1.29 is 17.9 Å². The fraction of sp³-hybridized carbons (Fsp3) is 0.0952. The summed E-state index contributed by atoms with van der Waals surface area (Å²) in [6, 6.07) is 8.98. The average molecular weight is 497 g/mol. The minimum absolute atomic E-state index is 0.0391. The Hall–Kier alpha value is -4.10. The Bertz CT molecular complexity index is 1640. The Morgan fingerprint density at radius 1 is 1.03 bits per heavy atom. The summed E-state index contributed by atoms with van der Waals surface area (Å²) >= 11 is 0.959. The molecule has 0 aliphatic rings. The molecule has 11 nitrogen and oxygen atoms in total. The van der Waals surface area contributed by atoms with Gasteiger partial charge in [0.15, 0.2) is 16.6 Å². The maximum absolute atomic E-state index is 13.0. The number of benzene rings is 2. The van der Waals surface area contributed by atoms with Crippen molar-refractivity contribution in [1.29, 1.82) is 0 Å². The van der Waals surface area contributed by atoms with Crippen LogP contribution < -0.4 is 14.8 Å². The zero-order chi connectivity index (χ0) is 23.9. The number of rotatable bonds is 7. The molecule has 172 valence electrons. The third-order valence-corrected chi connectivity index (χ3v) is 8.26. The van der Waals surface area contributed by atoms with Gasteiger partial charge in [0.25, 0.3) is 0 Å². The second kappa shape index (κ2) is 8.35. The number of H-pyrrole nitrogens is 1. The molecule has 0 amide bonds. The maximum Gasteiger partial charge on any atom is 0.217 e. The third kappa shape index (κ3) is 3.60. The van der Waals surface area contributed by atoms with Crippen LogP contribution >= 0.6 is 11.3 Å². The van der Waals surface area contributed by atoms with Crippen LogP contribution in [-0.2, 0) is 9.84 Å². The quantitative estimate of drug-likeness (QED) is 0.309. The van der Waals surface area contributed by atoms with Gasteiger partial charge in [0, 0.05) is 11.5 Å². The molecule has 0 aliphatic carbocycles. The van der Waals surface area contributed by atoms with Gasteiger partial charge in [-0.3, -0.25) is 0 Å². The van der Waals surface area contributed by atoms with Crippen LogP contribution in [0.4, 0.5) is 16.6 Å². The molecule has 5 aromatic rings. The van der Waals surface area contributed by atoms with E-state index in [9.17, 15) is 13.3 Å². The molecule has 0 saturated heterocycles. The molecule has 0 radical (unpaired) electrons. The normalized spacial score (nSPS) is 11.6. The van der Waals surface area contributed by atoms with Crippen molar-refractivity contribution in [3.63, 3.8) is 0 Å². The molecule has 2 N–H and O–H groups in total. The van der Waals surface area contributed by atoms with Gasteiger partial charge < -0.3 is 19.8 Å². The van der Waals surface area contributed by atoms with Gasteiger partial charge in [-0.1, -0.05) is 11.3 Å². The minimum atomic E-state index is -3.82. The van der Waals surface area contributed by atoms with Crippen molar-refractivity contribution in [3.05, 3.63) is 53.8 Å². The first-order chi connectivity index (χ1) is 16.4. The predicted molar refractivity (Wildman–Crippen MR) is 127 cm³/mol. The van der Waals surface area contributed by atoms with Crippen LogP contribution in [0.1, 0.15) is 0 Å². The standard InChI is InChI=1S/C21H16N6O5S2/c1-31-15-7-13-14(8-16(15)32-2)25-19-18(13)20(24-10-23-19)26-21-22-9-17(33-21)34(29,30)12-5-3-11(27-28)4-6-12/h3-10H,1-2H3,(H2,22,23,24,25,26). The summed E-state index contributed by atoms with van der Waals surface area (Å²) in [5.41, 5.74) is 1.49. The lowest BCUT2D eigenvalue weighted by Gasteiger charge is -2.07. The number of nitrogens with one attached hydrogen (secondary N) is 2. The van der Waals surface area contributed by atoms with E-state index in [1.54, 1.807) is 20.3 Å². The highest BCUT2D eigenvalue weighted by molar-refractivity contribution is 7.93. The SMILES string of the molecule is COc1cc2[nH]c3ncnc(Nc4ncc(S(=O)(=O)c5ccc(N=O)cc5)s4)c3c2cc1OC. The Balaban J connectivity index is 1.53. The molecular weight excluding hydrogens is 480 g/mol. The van der Waals surface area contributed by atoms with Gasteiger partial charge in [0.05, 0.1) is 36.2 Å². The summed E-state index contributed by atoms with van der Waals surface area (Å²) in [6.45, 7) is 0. The summed E-state index contributed by atoms with van der Waals surface area (Å²) in [4.78, 5) is 26.7. The molecule has 0 spiro atoms. The lowest BCUT2D eigenvalue weighted by molar-refractivity contribution is 0.356. The smallest absolute Gasteiger partial charge is 0.217 e. The lowest BCUT2D eigenvalue weighted by Crippen LogP contribution is -1.98. The molecule has 34 heavy (non-hydrogen) atoms. The van der Waals surface area contributed by atoms with Gasteiger partial charge in [0.2, 0.25) is 9.84 Å². The van der Waals surface area contributed by atoms with E-state index >= 15 is 0 Å². The van der Waals surface area contributed by atoms with E-state index in [4.69, 9.17) is 9.47 Å². The Kier molecular flexibility index (Phi) is 5.34. The number of aromatic amines is 1. The van der Waals surface area contributed by atoms with Crippen molar-refractivity contribution in [2.24, 2.45) is 5.18 Å². The van der Waals surface area contributed by atoms with Crippen LogP contribution in [0.5, 0.6) is 11.5 Å². The molecular formula is C21H16N6O5S2. The Labute approximate surface area is 196 Å². The van der Waals surface area contributed by atoms with Gasteiger partial charge in [-0.25, -0.2) is 23.4 Å². The van der Waals surface area contributed by atoms with Crippen LogP contribution in [0.2, 0.25) is 0 Å². The molecule has 0 unspecified atom stereocenters. The Morgan fingerprint density at radius 2 is 1.76 bits per heavy atom. The summed E-state index contributed by atoms with van der Waals surface area (Å²) in [5.74, 6) is 1.56. The highest BCUT2D eigenvalue weighted by Crippen LogP contribution is 2.38. The minimum Gasteiger partial charge on any atom is -0.493 e. The largest absolute Gasteiger partial charge is 0.493 e. The van der Waals surface area contributed by atoms with Gasteiger partial charge in [0.1, 0.15) is 27.7 Å². The average Bonchev–Trinajstić information content (AvgIpc) is 3.48. The number of hydrogen-bond acceptors (Lipinski definition) is 11. The Morgan fingerprint density at radius 3 is 2.47 bits per heavy atom. The van der Waals surface area contributed by atoms with Crippen LogP contribution in [0, 0.1) is 4.91 Å². The van der Waals surface area contributed by atoms with E-state index in [-0.39, 0.29) is 14.8 Å². The van der Waals surface area contributed by atoms with E-state index in [1.807, 2.05) is 6.07 Å². The van der Waals surface area contributed by atoms with Gasteiger partial charge >= 0.3 is 0 Å². The molecule has 2 aromatic carbocycles. The fourth-order valence-electron chi connectivity index (χ4n) is 3.49. The van der Waals surface area contributed by atoms with E-state index in [0.29, 0.717) is 33.5 Å². The second-order valence-corrected chi connectivity index (χ2v) is 10.2.